The lowest BCUT2D eigenvalue weighted by molar-refractivity contribution is 0.135. The van der Waals surface area contributed by atoms with E-state index in [9.17, 15) is 17.2 Å². The largest absolute Gasteiger partial charge is 0.467 e. The summed E-state index contributed by atoms with van der Waals surface area (Å²) in [6.45, 7) is 0.692. The van der Waals surface area contributed by atoms with E-state index in [2.05, 4.69) is 4.98 Å². The molecule has 0 aliphatic carbocycles. The summed E-state index contributed by atoms with van der Waals surface area (Å²) in [7, 11) is -3.45. The third kappa shape index (κ3) is 3.34. The van der Waals surface area contributed by atoms with E-state index in [1.54, 1.807) is 17.5 Å². The van der Waals surface area contributed by atoms with Gasteiger partial charge in [-0.25, -0.2) is 17.2 Å². The predicted molar refractivity (Wildman–Crippen MR) is 96.3 cm³/mol. The van der Waals surface area contributed by atoms with Gasteiger partial charge in [0, 0.05) is 19.2 Å². The number of fused-ring (bicyclic) bond motifs is 1. The monoisotopic (exact) mass is 416 g/mol. The maximum Gasteiger partial charge on any atom is 0.274 e. The lowest BCUT2D eigenvalue weighted by Gasteiger charge is -2.30. The molecule has 0 saturated carbocycles. The molecule has 0 amide bonds. The Morgan fingerprint density at radius 3 is 2.69 bits per heavy atom. The lowest BCUT2D eigenvalue weighted by Crippen LogP contribution is -2.41. The Bertz CT molecular complexity index is 1030. The second kappa shape index (κ2) is 6.84. The second-order valence-corrected chi connectivity index (χ2v) is 9.97. The predicted octanol–water partition coefficient (Wildman–Crippen LogP) is 3.87. The van der Waals surface area contributed by atoms with Gasteiger partial charge in [0.25, 0.3) is 15.2 Å². The summed E-state index contributed by atoms with van der Waals surface area (Å²) in [5.74, 6) is -1.37. The molecule has 5 nitrogen and oxygen atoms in total. The van der Waals surface area contributed by atoms with Crippen molar-refractivity contribution in [2.45, 2.75) is 23.2 Å². The van der Waals surface area contributed by atoms with Gasteiger partial charge < -0.3 is 4.74 Å². The minimum absolute atomic E-state index is 0.0871. The first kappa shape index (κ1) is 17.8. The Morgan fingerprint density at radius 2 is 2.00 bits per heavy atom. The molecule has 1 saturated heterocycles. The lowest BCUT2D eigenvalue weighted by atomic mass is 10.1. The van der Waals surface area contributed by atoms with Crippen molar-refractivity contribution in [2.75, 3.05) is 13.1 Å². The highest BCUT2D eigenvalue weighted by atomic mass is 32.2. The highest BCUT2D eigenvalue weighted by molar-refractivity contribution is 7.91. The topological polar surface area (TPSA) is 59.5 Å². The SMILES string of the molecule is O=S(=O)(c1cccs1)N1CCC(Oc2nc3c(F)cc(F)cc3s2)CC1. The summed E-state index contributed by atoms with van der Waals surface area (Å²) in [4.78, 5) is 4.08. The first-order valence-corrected chi connectivity index (χ1v) is 11.0. The van der Waals surface area contributed by atoms with Crippen LogP contribution in [0.25, 0.3) is 10.2 Å². The van der Waals surface area contributed by atoms with Gasteiger partial charge in [0.1, 0.15) is 21.6 Å². The number of sulfonamides is 1. The third-order valence-electron chi connectivity index (χ3n) is 4.15. The second-order valence-electron chi connectivity index (χ2n) is 5.87. The first-order chi connectivity index (χ1) is 12.4. The standard InChI is InChI=1S/C16H14F2N2O3S3/c17-10-8-12(18)15-13(9-10)25-16(19-15)23-11-3-5-20(6-4-11)26(21,22)14-2-1-7-24-14/h1-2,7-9,11H,3-6H2. The molecule has 0 unspecified atom stereocenters. The molecule has 0 N–H and O–H groups in total. The van der Waals surface area contributed by atoms with Crippen molar-refractivity contribution in [1.29, 1.82) is 0 Å². The van der Waals surface area contributed by atoms with E-state index in [0.717, 1.165) is 17.4 Å². The smallest absolute Gasteiger partial charge is 0.274 e. The fraction of sp³-hybridized carbons (Fsp3) is 0.312. The number of rotatable bonds is 4. The van der Waals surface area contributed by atoms with Crippen LogP contribution in [0.5, 0.6) is 5.19 Å². The molecule has 26 heavy (non-hydrogen) atoms. The molecule has 138 valence electrons. The van der Waals surface area contributed by atoms with Crippen molar-refractivity contribution < 1.29 is 21.9 Å². The van der Waals surface area contributed by atoms with E-state index in [1.807, 2.05) is 0 Å². The summed E-state index contributed by atoms with van der Waals surface area (Å²) in [6, 6.07) is 5.32. The van der Waals surface area contributed by atoms with Crippen molar-refractivity contribution in [2.24, 2.45) is 0 Å². The Hall–Kier alpha value is -1.62. The molecular formula is C16H14F2N2O3S3. The van der Waals surface area contributed by atoms with E-state index in [4.69, 9.17) is 4.74 Å². The number of nitrogens with zero attached hydrogens (tertiary/aromatic N) is 2. The minimum atomic E-state index is -3.45. The van der Waals surface area contributed by atoms with Gasteiger partial charge in [-0.15, -0.1) is 11.3 Å². The van der Waals surface area contributed by atoms with Crippen LogP contribution in [0.15, 0.2) is 33.9 Å². The zero-order chi connectivity index (χ0) is 18.3. The molecule has 0 spiro atoms. The average Bonchev–Trinajstić information content (AvgIpc) is 3.25. The zero-order valence-electron chi connectivity index (χ0n) is 13.4. The summed E-state index contributed by atoms with van der Waals surface area (Å²) in [5.41, 5.74) is 0.0871. The number of halogens is 2. The number of hydrogen-bond donors (Lipinski definition) is 0. The van der Waals surface area contributed by atoms with Crippen LogP contribution in [0.2, 0.25) is 0 Å². The molecule has 2 aromatic heterocycles. The van der Waals surface area contributed by atoms with Crippen LogP contribution in [-0.4, -0.2) is 36.9 Å². The highest BCUT2D eigenvalue weighted by Gasteiger charge is 2.31. The van der Waals surface area contributed by atoms with E-state index in [0.29, 0.717) is 34.8 Å². The van der Waals surface area contributed by atoms with Gasteiger partial charge in [0.05, 0.1) is 4.70 Å². The van der Waals surface area contributed by atoms with Crippen LogP contribution in [-0.2, 0) is 10.0 Å². The molecule has 1 aromatic carbocycles. The Kier molecular flexibility index (Phi) is 4.68. The number of piperidine rings is 1. The summed E-state index contributed by atoms with van der Waals surface area (Å²) >= 11 is 2.28. The van der Waals surface area contributed by atoms with Crippen LogP contribution in [0.3, 0.4) is 0 Å². The van der Waals surface area contributed by atoms with Crippen molar-refractivity contribution in [3.8, 4) is 5.19 Å². The fourth-order valence-electron chi connectivity index (χ4n) is 2.86. The molecule has 3 heterocycles. The number of aromatic nitrogens is 1. The number of ether oxygens (including phenoxy) is 1. The number of hydrogen-bond acceptors (Lipinski definition) is 6. The number of thiophene rings is 1. The van der Waals surface area contributed by atoms with Gasteiger partial charge in [0.15, 0.2) is 5.82 Å². The summed E-state index contributed by atoms with van der Waals surface area (Å²) < 4.78 is 60.0. The number of thiazole rings is 1. The molecule has 10 heteroatoms. The van der Waals surface area contributed by atoms with E-state index in [1.165, 1.54) is 21.7 Å². The molecule has 0 atom stereocenters. The molecule has 3 aromatic rings. The van der Waals surface area contributed by atoms with Crippen LogP contribution >= 0.6 is 22.7 Å². The maximum atomic E-state index is 13.7. The average molecular weight is 416 g/mol. The Morgan fingerprint density at radius 1 is 1.23 bits per heavy atom. The molecule has 1 aliphatic rings. The molecular weight excluding hydrogens is 402 g/mol. The molecule has 4 rings (SSSR count). The van der Waals surface area contributed by atoms with E-state index in [-0.39, 0.29) is 16.8 Å². The van der Waals surface area contributed by atoms with E-state index >= 15 is 0 Å². The van der Waals surface area contributed by atoms with Crippen LogP contribution in [0.4, 0.5) is 8.78 Å². The first-order valence-electron chi connectivity index (χ1n) is 7.89. The van der Waals surface area contributed by atoms with Gasteiger partial charge in [-0.2, -0.15) is 9.29 Å². The maximum absolute atomic E-state index is 13.7. The zero-order valence-corrected chi connectivity index (χ0v) is 15.8. The van der Waals surface area contributed by atoms with Crippen molar-refractivity contribution in [3.63, 3.8) is 0 Å². The van der Waals surface area contributed by atoms with Crippen LogP contribution < -0.4 is 4.74 Å². The van der Waals surface area contributed by atoms with Crippen LogP contribution in [0.1, 0.15) is 12.8 Å². The van der Waals surface area contributed by atoms with Crippen LogP contribution in [0, 0.1) is 11.6 Å². The van der Waals surface area contributed by atoms with Crippen molar-refractivity contribution in [1.82, 2.24) is 9.29 Å². The minimum Gasteiger partial charge on any atom is -0.467 e. The summed E-state index contributed by atoms with van der Waals surface area (Å²) in [6.07, 6.45) is 0.813. The van der Waals surface area contributed by atoms with Gasteiger partial charge >= 0.3 is 0 Å². The Labute approximate surface area is 156 Å². The quantitative estimate of drug-likeness (QED) is 0.648. The third-order valence-corrected chi connectivity index (χ3v) is 8.32. The van der Waals surface area contributed by atoms with Gasteiger partial charge in [-0.05, 0) is 30.4 Å². The van der Waals surface area contributed by atoms with Gasteiger partial charge in [-0.1, -0.05) is 17.4 Å². The van der Waals surface area contributed by atoms with Crippen molar-refractivity contribution >= 4 is 42.9 Å². The molecule has 0 radical (unpaired) electrons. The van der Waals surface area contributed by atoms with Crippen molar-refractivity contribution in [3.05, 3.63) is 41.3 Å². The van der Waals surface area contributed by atoms with Gasteiger partial charge in [-0.3, -0.25) is 0 Å². The molecule has 1 aliphatic heterocycles. The fourth-order valence-corrected chi connectivity index (χ4v) is 6.39. The normalized spacial score (nSPS) is 17.0. The van der Waals surface area contributed by atoms with E-state index < -0.39 is 21.7 Å². The Balaban J connectivity index is 1.44. The number of benzene rings is 1. The summed E-state index contributed by atoms with van der Waals surface area (Å²) in [5, 5.41) is 2.00. The molecule has 1 fully saturated rings. The highest BCUT2D eigenvalue weighted by Crippen LogP contribution is 2.32. The molecule has 0 bridgehead atoms. The van der Waals surface area contributed by atoms with Gasteiger partial charge in [0.2, 0.25) is 0 Å².